The first-order chi connectivity index (χ1) is 12.6. The van der Waals surface area contributed by atoms with Crippen molar-refractivity contribution in [1.29, 1.82) is 0 Å². The molecule has 2 N–H and O–H groups in total. The Morgan fingerprint density at radius 2 is 1.85 bits per heavy atom. The highest BCUT2D eigenvalue weighted by atomic mass is 19.1. The van der Waals surface area contributed by atoms with Crippen LogP contribution < -0.4 is 10.6 Å². The summed E-state index contributed by atoms with van der Waals surface area (Å²) in [5.41, 5.74) is -0.244. The molecule has 0 saturated heterocycles. The zero-order valence-electron chi connectivity index (χ0n) is 14.9. The fourth-order valence-electron chi connectivity index (χ4n) is 2.93. The summed E-state index contributed by atoms with van der Waals surface area (Å²) in [6.45, 7) is 1.23. The van der Waals surface area contributed by atoms with Crippen molar-refractivity contribution in [3.8, 4) is 0 Å². The Hall–Kier alpha value is -2.02. The molecule has 1 aromatic carbocycles. The van der Waals surface area contributed by atoms with Crippen molar-refractivity contribution in [1.82, 2.24) is 10.6 Å². The molecule has 0 aliphatic heterocycles. The highest BCUT2D eigenvalue weighted by Crippen LogP contribution is 2.20. The monoisotopic (exact) mass is 368 g/mol. The smallest absolute Gasteiger partial charge is 0.254 e. The maximum absolute atomic E-state index is 13.5. The first kappa shape index (κ1) is 20.3. The van der Waals surface area contributed by atoms with Gasteiger partial charge in [-0.1, -0.05) is 19.3 Å². The van der Waals surface area contributed by atoms with Gasteiger partial charge in [-0.25, -0.2) is 8.78 Å². The number of nitrogens with one attached hydrogen (secondary N) is 2. The Morgan fingerprint density at radius 1 is 1.08 bits per heavy atom. The van der Waals surface area contributed by atoms with Crippen LogP contribution in [-0.4, -0.2) is 37.6 Å². The lowest BCUT2D eigenvalue weighted by Gasteiger charge is -2.21. The molecule has 2 rings (SSSR count). The minimum absolute atomic E-state index is 0.0834. The molecule has 0 spiro atoms. The number of rotatable bonds is 9. The number of carbonyl (C=O) groups is 2. The molecule has 0 bridgehead atoms. The largest absolute Gasteiger partial charge is 0.378 e. The van der Waals surface area contributed by atoms with E-state index in [1.54, 1.807) is 0 Å². The molecule has 0 atom stereocenters. The molecular weight excluding hydrogens is 342 g/mol. The molecule has 7 heteroatoms. The highest BCUT2D eigenvalue weighted by molar-refractivity contribution is 5.94. The Balaban J connectivity index is 1.53. The van der Waals surface area contributed by atoms with Crippen LogP contribution in [0, 0.1) is 11.6 Å². The van der Waals surface area contributed by atoms with Gasteiger partial charge in [-0.3, -0.25) is 9.59 Å². The maximum Gasteiger partial charge on any atom is 0.254 e. The average Bonchev–Trinajstić information content (AvgIpc) is 2.62. The lowest BCUT2D eigenvalue weighted by Crippen LogP contribution is -2.32. The van der Waals surface area contributed by atoms with Crippen LogP contribution in [0.15, 0.2) is 18.2 Å². The zero-order chi connectivity index (χ0) is 18.8. The molecule has 1 saturated carbocycles. The second-order valence-electron chi connectivity index (χ2n) is 6.46. The van der Waals surface area contributed by atoms with Gasteiger partial charge in [0.2, 0.25) is 5.91 Å². The van der Waals surface area contributed by atoms with Gasteiger partial charge in [0.1, 0.15) is 11.6 Å². The fraction of sp³-hybridized carbons (Fsp3) is 0.579. The standard InChI is InChI=1S/C19H26F2N2O3/c20-14-7-8-16(17(21)13-14)19(25)23-11-9-18(24)22-10-4-12-26-15-5-2-1-3-6-15/h7-8,13,15H,1-6,9-12H2,(H,22,24)(H,23,25). The SMILES string of the molecule is O=C(CCNC(=O)c1ccc(F)cc1F)NCCCOC1CCCCC1. The third-order valence-corrected chi connectivity index (χ3v) is 4.36. The molecule has 144 valence electrons. The molecule has 0 heterocycles. The number of benzene rings is 1. The third kappa shape index (κ3) is 7.07. The highest BCUT2D eigenvalue weighted by Gasteiger charge is 2.14. The molecule has 1 aliphatic carbocycles. The fourth-order valence-corrected chi connectivity index (χ4v) is 2.93. The van der Waals surface area contributed by atoms with Gasteiger partial charge in [0.15, 0.2) is 0 Å². The molecule has 5 nitrogen and oxygen atoms in total. The Kier molecular flexibility index (Phi) is 8.47. The lowest BCUT2D eigenvalue weighted by atomic mass is 9.98. The van der Waals surface area contributed by atoms with Crippen LogP contribution in [0.3, 0.4) is 0 Å². The molecular formula is C19H26F2N2O3. The van der Waals surface area contributed by atoms with E-state index < -0.39 is 17.5 Å². The molecule has 0 radical (unpaired) electrons. The second-order valence-corrected chi connectivity index (χ2v) is 6.46. The van der Waals surface area contributed by atoms with Crippen molar-refractivity contribution >= 4 is 11.8 Å². The van der Waals surface area contributed by atoms with E-state index in [0.29, 0.717) is 25.3 Å². The maximum atomic E-state index is 13.5. The summed E-state index contributed by atoms with van der Waals surface area (Å²) in [5.74, 6) is -2.53. The molecule has 0 unspecified atom stereocenters. The van der Waals surface area contributed by atoms with Gasteiger partial charge < -0.3 is 15.4 Å². The van der Waals surface area contributed by atoms with E-state index in [1.807, 2.05) is 0 Å². The number of amides is 2. The van der Waals surface area contributed by atoms with E-state index >= 15 is 0 Å². The Morgan fingerprint density at radius 3 is 2.58 bits per heavy atom. The van der Waals surface area contributed by atoms with Crippen LogP contribution >= 0.6 is 0 Å². The predicted molar refractivity (Wildman–Crippen MR) is 93.8 cm³/mol. The van der Waals surface area contributed by atoms with Crippen molar-refractivity contribution < 1.29 is 23.1 Å². The zero-order valence-corrected chi connectivity index (χ0v) is 14.9. The quantitative estimate of drug-likeness (QED) is 0.659. The number of carbonyl (C=O) groups excluding carboxylic acids is 2. The minimum atomic E-state index is -0.926. The van der Waals surface area contributed by atoms with Crippen LogP contribution in [0.25, 0.3) is 0 Å². The van der Waals surface area contributed by atoms with Gasteiger partial charge in [-0.05, 0) is 31.4 Å². The van der Waals surface area contributed by atoms with Gasteiger partial charge in [0, 0.05) is 32.2 Å². The summed E-state index contributed by atoms with van der Waals surface area (Å²) in [6.07, 6.45) is 7.21. The first-order valence-corrected chi connectivity index (χ1v) is 9.18. The topological polar surface area (TPSA) is 67.4 Å². The Labute approximate surface area is 152 Å². The number of halogens is 2. The number of hydrogen-bond acceptors (Lipinski definition) is 3. The van der Waals surface area contributed by atoms with Crippen molar-refractivity contribution in [3.63, 3.8) is 0 Å². The van der Waals surface area contributed by atoms with Crippen LogP contribution in [-0.2, 0) is 9.53 Å². The minimum Gasteiger partial charge on any atom is -0.378 e. The van der Waals surface area contributed by atoms with Crippen molar-refractivity contribution in [2.75, 3.05) is 19.7 Å². The van der Waals surface area contributed by atoms with Crippen molar-refractivity contribution in [2.24, 2.45) is 0 Å². The van der Waals surface area contributed by atoms with Crippen molar-refractivity contribution in [3.05, 3.63) is 35.4 Å². The summed E-state index contributed by atoms with van der Waals surface area (Å²) in [7, 11) is 0. The van der Waals surface area contributed by atoms with Gasteiger partial charge in [0.05, 0.1) is 11.7 Å². The Bertz CT molecular complexity index is 604. The normalized spacial score (nSPS) is 14.8. The summed E-state index contributed by atoms with van der Waals surface area (Å²) in [4.78, 5) is 23.5. The van der Waals surface area contributed by atoms with Crippen LogP contribution in [0.4, 0.5) is 8.78 Å². The molecule has 26 heavy (non-hydrogen) atoms. The first-order valence-electron chi connectivity index (χ1n) is 9.18. The summed E-state index contributed by atoms with van der Waals surface area (Å²) >= 11 is 0. The van der Waals surface area contributed by atoms with E-state index in [2.05, 4.69) is 10.6 Å². The van der Waals surface area contributed by atoms with Crippen LogP contribution in [0.5, 0.6) is 0 Å². The van der Waals surface area contributed by atoms with Gasteiger partial charge in [-0.2, -0.15) is 0 Å². The molecule has 1 fully saturated rings. The molecule has 1 aromatic rings. The summed E-state index contributed by atoms with van der Waals surface area (Å²) in [5, 5.41) is 5.21. The van der Waals surface area contributed by atoms with Crippen molar-refractivity contribution in [2.45, 2.75) is 51.0 Å². The van der Waals surface area contributed by atoms with E-state index in [1.165, 1.54) is 19.3 Å². The molecule has 0 aromatic heterocycles. The summed E-state index contributed by atoms with van der Waals surface area (Å²) < 4.78 is 32.1. The van der Waals surface area contributed by atoms with Crippen LogP contribution in [0.1, 0.15) is 55.3 Å². The van der Waals surface area contributed by atoms with E-state index in [0.717, 1.165) is 31.4 Å². The van der Waals surface area contributed by atoms with Gasteiger partial charge in [-0.15, -0.1) is 0 Å². The van der Waals surface area contributed by atoms with E-state index in [4.69, 9.17) is 4.74 Å². The predicted octanol–water partition coefficient (Wildman–Crippen LogP) is 2.94. The third-order valence-electron chi connectivity index (χ3n) is 4.36. The average molecular weight is 368 g/mol. The van der Waals surface area contributed by atoms with E-state index in [9.17, 15) is 18.4 Å². The molecule has 1 aliphatic rings. The lowest BCUT2D eigenvalue weighted by molar-refractivity contribution is -0.121. The summed E-state index contributed by atoms with van der Waals surface area (Å²) in [6, 6.07) is 2.74. The van der Waals surface area contributed by atoms with Crippen LogP contribution in [0.2, 0.25) is 0 Å². The number of ether oxygens (including phenoxy) is 1. The van der Waals surface area contributed by atoms with Gasteiger partial charge in [0.25, 0.3) is 5.91 Å². The van der Waals surface area contributed by atoms with Gasteiger partial charge >= 0.3 is 0 Å². The van der Waals surface area contributed by atoms with E-state index in [-0.39, 0.29) is 24.4 Å². The second kappa shape index (κ2) is 10.9. The number of hydrogen-bond donors (Lipinski definition) is 2. The molecule has 2 amide bonds.